The third kappa shape index (κ3) is 3.46. The molecule has 1 aromatic carbocycles. The second-order valence-corrected chi connectivity index (χ2v) is 4.92. The van der Waals surface area contributed by atoms with Crippen LogP contribution in [0.15, 0.2) is 42.7 Å². The SMILES string of the molecule is C[C@@H](NC(=O)c1ccncc1)c1ccc(Cl)c(Cl)c1. The van der Waals surface area contributed by atoms with E-state index in [4.69, 9.17) is 23.2 Å². The van der Waals surface area contributed by atoms with Crippen LogP contribution in [0.25, 0.3) is 0 Å². The predicted molar refractivity (Wildman–Crippen MR) is 76.6 cm³/mol. The van der Waals surface area contributed by atoms with Gasteiger partial charge in [0.15, 0.2) is 0 Å². The van der Waals surface area contributed by atoms with Crippen LogP contribution in [-0.4, -0.2) is 10.9 Å². The molecule has 98 valence electrons. The molecule has 19 heavy (non-hydrogen) atoms. The highest BCUT2D eigenvalue weighted by molar-refractivity contribution is 6.42. The van der Waals surface area contributed by atoms with Crippen molar-refractivity contribution in [3.8, 4) is 0 Å². The van der Waals surface area contributed by atoms with E-state index in [0.717, 1.165) is 5.56 Å². The molecule has 1 heterocycles. The van der Waals surface area contributed by atoms with Gasteiger partial charge in [0.2, 0.25) is 0 Å². The fraction of sp³-hybridized carbons (Fsp3) is 0.143. The molecule has 2 aromatic rings. The Labute approximate surface area is 121 Å². The van der Waals surface area contributed by atoms with E-state index in [1.54, 1.807) is 36.7 Å². The molecular formula is C14H12Cl2N2O. The van der Waals surface area contributed by atoms with Crippen molar-refractivity contribution < 1.29 is 4.79 Å². The third-order valence-electron chi connectivity index (χ3n) is 2.73. The molecule has 0 aliphatic carbocycles. The summed E-state index contributed by atoms with van der Waals surface area (Å²) < 4.78 is 0. The predicted octanol–water partition coefficient (Wildman–Crippen LogP) is 3.88. The van der Waals surface area contributed by atoms with Gasteiger partial charge in [-0.2, -0.15) is 0 Å². The Morgan fingerprint density at radius 2 is 1.84 bits per heavy atom. The zero-order valence-electron chi connectivity index (χ0n) is 10.2. The van der Waals surface area contributed by atoms with Gasteiger partial charge in [-0.25, -0.2) is 0 Å². The van der Waals surface area contributed by atoms with Crippen LogP contribution in [0.5, 0.6) is 0 Å². The van der Waals surface area contributed by atoms with Crippen molar-refractivity contribution in [3.05, 3.63) is 63.9 Å². The molecule has 5 heteroatoms. The van der Waals surface area contributed by atoms with Crippen molar-refractivity contribution in [1.29, 1.82) is 0 Å². The van der Waals surface area contributed by atoms with Gasteiger partial charge in [0, 0.05) is 18.0 Å². The Hall–Kier alpha value is -1.58. The van der Waals surface area contributed by atoms with Crippen LogP contribution >= 0.6 is 23.2 Å². The maximum atomic E-state index is 12.0. The monoisotopic (exact) mass is 294 g/mol. The van der Waals surface area contributed by atoms with Crippen LogP contribution in [0.1, 0.15) is 28.9 Å². The highest BCUT2D eigenvalue weighted by Gasteiger charge is 2.12. The maximum absolute atomic E-state index is 12.0. The number of hydrogen-bond donors (Lipinski definition) is 1. The van der Waals surface area contributed by atoms with Crippen LogP contribution in [0.3, 0.4) is 0 Å². The zero-order chi connectivity index (χ0) is 13.8. The molecule has 1 amide bonds. The van der Waals surface area contributed by atoms with Crippen LogP contribution in [-0.2, 0) is 0 Å². The van der Waals surface area contributed by atoms with Crippen molar-refractivity contribution >= 4 is 29.1 Å². The lowest BCUT2D eigenvalue weighted by Gasteiger charge is -2.15. The summed E-state index contributed by atoms with van der Waals surface area (Å²) in [6, 6.07) is 8.48. The van der Waals surface area contributed by atoms with Crippen LogP contribution in [0, 0.1) is 0 Å². The van der Waals surface area contributed by atoms with Crippen molar-refractivity contribution in [1.82, 2.24) is 10.3 Å². The summed E-state index contributed by atoms with van der Waals surface area (Å²) in [5, 5.41) is 3.87. The molecular weight excluding hydrogens is 283 g/mol. The van der Waals surface area contributed by atoms with Crippen LogP contribution in [0.4, 0.5) is 0 Å². The van der Waals surface area contributed by atoms with Crippen molar-refractivity contribution in [2.75, 3.05) is 0 Å². The van der Waals surface area contributed by atoms with E-state index in [0.29, 0.717) is 15.6 Å². The second-order valence-electron chi connectivity index (χ2n) is 4.10. The Balaban J connectivity index is 2.10. The number of nitrogens with one attached hydrogen (secondary N) is 1. The number of hydrogen-bond acceptors (Lipinski definition) is 2. The van der Waals surface area contributed by atoms with E-state index >= 15 is 0 Å². The van der Waals surface area contributed by atoms with E-state index in [1.165, 1.54) is 0 Å². The van der Waals surface area contributed by atoms with E-state index in [1.807, 2.05) is 13.0 Å². The van der Waals surface area contributed by atoms with Crippen molar-refractivity contribution in [2.45, 2.75) is 13.0 Å². The molecule has 0 saturated carbocycles. The topological polar surface area (TPSA) is 42.0 Å². The highest BCUT2D eigenvalue weighted by Crippen LogP contribution is 2.25. The summed E-state index contributed by atoms with van der Waals surface area (Å²) in [6.45, 7) is 1.89. The first kappa shape index (κ1) is 13.8. The Bertz CT molecular complexity index is 587. The van der Waals surface area contributed by atoms with Gasteiger partial charge in [0.1, 0.15) is 0 Å². The number of nitrogens with zero attached hydrogens (tertiary/aromatic N) is 1. The van der Waals surface area contributed by atoms with Crippen molar-refractivity contribution in [2.24, 2.45) is 0 Å². The van der Waals surface area contributed by atoms with Crippen molar-refractivity contribution in [3.63, 3.8) is 0 Å². The van der Waals surface area contributed by atoms with E-state index in [-0.39, 0.29) is 11.9 Å². The first-order valence-corrected chi connectivity index (χ1v) is 6.49. The van der Waals surface area contributed by atoms with Crippen LogP contribution < -0.4 is 5.32 Å². The summed E-state index contributed by atoms with van der Waals surface area (Å²) >= 11 is 11.8. The van der Waals surface area contributed by atoms with Gasteiger partial charge < -0.3 is 5.32 Å². The van der Waals surface area contributed by atoms with Gasteiger partial charge in [-0.1, -0.05) is 29.3 Å². The zero-order valence-corrected chi connectivity index (χ0v) is 11.7. The average Bonchev–Trinajstić information content (AvgIpc) is 2.42. The number of halogens is 2. The summed E-state index contributed by atoms with van der Waals surface area (Å²) in [7, 11) is 0. The molecule has 1 atom stereocenters. The largest absolute Gasteiger partial charge is 0.346 e. The minimum absolute atomic E-state index is 0.152. The van der Waals surface area contributed by atoms with Gasteiger partial charge in [0.05, 0.1) is 16.1 Å². The Morgan fingerprint density at radius 1 is 1.16 bits per heavy atom. The first-order valence-electron chi connectivity index (χ1n) is 5.74. The number of rotatable bonds is 3. The lowest BCUT2D eigenvalue weighted by molar-refractivity contribution is 0.0940. The van der Waals surface area contributed by atoms with Gasteiger partial charge >= 0.3 is 0 Å². The molecule has 2 rings (SSSR count). The highest BCUT2D eigenvalue weighted by atomic mass is 35.5. The first-order chi connectivity index (χ1) is 9.08. The normalized spacial score (nSPS) is 11.9. The molecule has 0 fully saturated rings. The van der Waals surface area contributed by atoms with Gasteiger partial charge in [-0.05, 0) is 36.8 Å². The summed E-state index contributed by atoms with van der Waals surface area (Å²) in [5.41, 5.74) is 1.47. The Morgan fingerprint density at radius 3 is 2.47 bits per heavy atom. The quantitative estimate of drug-likeness (QED) is 0.933. The van der Waals surface area contributed by atoms with E-state index in [9.17, 15) is 4.79 Å². The molecule has 3 nitrogen and oxygen atoms in total. The molecule has 0 aliphatic rings. The number of carbonyl (C=O) groups is 1. The van der Waals surface area contributed by atoms with E-state index in [2.05, 4.69) is 10.3 Å². The summed E-state index contributed by atoms with van der Waals surface area (Å²) in [6.07, 6.45) is 3.16. The summed E-state index contributed by atoms with van der Waals surface area (Å²) in [4.78, 5) is 15.9. The number of pyridine rings is 1. The van der Waals surface area contributed by atoms with Gasteiger partial charge in [-0.15, -0.1) is 0 Å². The third-order valence-corrected chi connectivity index (χ3v) is 3.47. The molecule has 0 bridgehead atoms. The van der Waals surface area contributed by atoms with Gasteiger partial charge in [-0.3, -0.25) is 9.78 Å². The molecule has 0 aliphatic heterocycles. The molecule has 1 N–H and O–H groups in total. The molecule has 0 radical (unpaired) electrons. The maximum Gasteiger partial charge on any atom is 0.251 e. The fourth-order valence-electron chi connectivity index (χ4n) is 1.65. The van der Waals surface area contributed by atoms with Crippen LogP contribution in [0.2, 0.25) is 10.0 Å². The minimum Gasteiger partial charge on any atom is -0.346 e. The second kappa shape index (κ2) is 6.04. The van der Waals surface area contributed by atoms with E-state index < -0.39 is 0 Å². The number of amides is 1. The Kier molecular flexibility index (Phi) is 4.40. The minimum atomic E-state index is -0.157. The van der Waals surface area contributed by atoms with Gasteiger partial charge in [0.25, 0.3) is 5.91 Å². The average molecular weight is 295 g/mol. The lowest BCUT2D eigenvalue weighted by Crippen LogP contribution is -2.26. The lowest BCUT2D eigenvalue weighted by atomic mass is 10.1. The number of carbonyl (C=O) groups excluding carboxylic acids is 1. The molecule has 0 spiro atoms. The standard InChI is InChI=1S/C14H12Cl2N2O/c1-9(11-2-3-12(15)13(16)8-11)18-14(19)10-4-6-17-7-5-10/h2-9H,1H3,(H,18,19)/t9-/m1/s1. The molecule has 0 unspecified atom stereocenters. The molecule has 1 aromatic heterocycles. The number of aromatic nitrogens is 1. The summed E-state index contributed by atoms with van der Waals surface area (Å²) in [5.74, 6) is -0.152. The smallest absolute Gasteiger partial charge is 0.251 e. The number of benzene rings is 1. The molecule has 0 saturated heterocycles. The fourth-order valence-corrected chi connectivity index (χ4v) is 1.95.